The Morgan fingerprint density at radius 1 is 1.17 bits per heavy atom. The van der Waals surface area contributed by atoms with E-state index in [0.29, 0.717) is 16.9 Å². The van der Waals surface area contributed by atoms with Crippen molar-refractivity contribution in [1.29, 1.82) is 0 Å². The molecule has 1 amide bonds. The van der Waals surface area contributed by atoms with Crippen LogP contribution < -0.4 is 5.32 Å². The number of H-pyrrole nitrogens is 1. The highest BCUT2D eigenvalue weighted by atomic mass is 16.6. The summed E-state index contributed by atoms with van der Waals surface area (Å²) in [5.41, 5.74) is 2.66. The molecule has 1 aromatic heterocycles. The number of rotatable bonds is 4. The molecular weight excluding hydrogens is 308 g/mol. The Morgan fingerprint density at radius 2 is 1.92 bits per heavy atom. The summed E-state index contributed by atoms with van der Waals surface area (Å²) in [6.07, 6.45) is 0. The Balaban J connectivity index is 1.80. The van der Waals surface area contributed by atoms with E-state index in [-0.39, 0.29) is 11.4 Å². The van der Waals surface area contributed by atoms with Crippen molar-refractivity contribution >= 4 is 17.3 Å². The number of aromatic nitrogens is 2. The maximum atomic E-state index is 12.3. The number of nitro groups is 1. The Kier molecular flexibility index (Phi) is 4.07. The number of amides is 1. The molecule has 0 fully saturated rings. The summed E-state index contributed by atoms with van der Waals surface area (Å²) in [5.74, 6) is -0.414. The zero-order valence-electron chi connectivity index (χ0n) is 12.8. The van der Waals surface area contributed by atoms with Crippen molar-refractivity contribution in [2.45, 2.75) is 6.92 Å². The second kappa shape index (κ2) is 6.33. The standard InChI is InChI=1S/C17H14N4O3/c1-11-7-8-13(9-16(11)21(23)24)18-17(22)15-10-14(19-20-15)12-5-3-2-4-6-12/h2-10H,1H3,(H,18,22)(H,19,20). The SMILES string of the molecule is Cc1ccc(NC(=O)c2cc(-c3ccccc3)n[nH]2)cc1[N+](=O)[O-]. The Morgan fingerprint density at radius 3 is 2.62 bits per heavy atom. The monoisotopic (exact) mass is 322 g/mol. The van der Waals surface area contributed by atoms with Gasteiger partial charge in [-0.25, -0.2) is 0 Å². The highest BCUT2D eigenvalue weighted by molar-refractivity contribution is 6.03. The van der Waals surface area contributed by atoms with Crippen molar-refractivity contribution in [2.24, 2.45) is 0 Å². The highest BCUT2D eigenvalue weighted by Crippen LogP contribution is 2.23. The van der Waals surface area contributed by atoms with Crippen molar-refractivity contribution in [2.75, 3.05) is 5.32 Å². The highest BCUT2D eigenvalue weighted by Gasteiger charge is 2.15. The summed E-state index contributed by atoms with van der Waals surface area (Å²) in [6, 6.07) is 15.6. The quantitative estimate of drug-likeness (QED) is 0.566. The van der Waals surface area contributed by atoms with Gasteiger partial charge in [0, 0.05) is 22.9 Å². The zero-order valence-corrected chi connectivity index (χ0v) is 12.8. The molecule has 3 aromatic rings. The first-order valence-electron chi connectivity index (χ1n) is 7.22. The number of carbonyl (C=O) groups excluding carboxylic acids is 1. The van der Waals surface area contributed by atoms with Crippen LogP contribution in [0.4, 0.5) is 11.4 Å². The number of benzene rings is 2. The minimum Gasteiger partial charge on any atom is -0.320 e. The summed E-state index contributed by atoms with van der Waals surface area (Å²) in [6.45, 7) is 1.64. The van der Waals surface area contributed by atoms with Gasteiger partial charge in [0.2, 0.25) is 0 Å². The Labute approximate surface area is 137 Å². The van der Waals surface area contributed by atoms with E-state index in [1.54, 1.807) is 25.1 Å². The molecule has 7 nitrogen and oxygen atoms in total. The van der Waals surface area contributed by atoms with Gasteiger partial charge < -0.3 is 5.32 Å². The van der Waals surface area contributed by atoms with Crippen LogP contribution in [0.5, 0.6) is 0 Å². The van der Waals surface area contributed by atoms with Gasteiger partial charge in [-0.05, 0) is 19.1 Å². The number of hydrogen-bond acceptors (Lipinski definition) is 4. The van der Waals surface area contributed by atoms with Gasteiger partial charge in [-0.15, -0.1) is 0 Å². The van der Waals surface area contributed by atoms with Gasteiger partial charge in [0.25, 0.3) is 11.6 Å². The lowest BCUT2D eigenvalue weighted by Crippen LogP contribution is -2.12. The summed E-state index contributed by atoms with van der Waals surface area (Å²) in [7, 11) is 0. The third kappa shape index (κ3) is 3.14. The Bertz CT molecular complexity index is 903. The number of nitrogens with zero attached hydrogens (tertiary/aromatic N) is 2. The van der Waals surface area contributed by atoms with Gasteiger partial charge in [0.1, 0.15) is 5.69 Å². The number of hydrogen-bond donors (Lipinski definition) is 2. The molecule has 0 aliphatic rings. The lowest BCUT2D eigenvalue weighted by Gasteiger charge is -2.04. The number of nitro benzene ring substituents is 1. The summed E-state index contributed by atoms with van der Waals surface area (Å²) in [5, 5.41) is 20.4. The zero-order chi connectivity index (χ0) is 17.1. The lowest BCUT2D eigenvalue weighted by molar-refractivity contribution is -0.385. The summed E-state index contributed by atoms with van der Waals surface area (Å²) >= 11 is 0. The molecule has 0 aliphatic carbocycles. The van der Waals surface area contributed by atoms with E-state index >= 15 is 0 Å². The fourth-order valence-electron chi connectivity index (χ4n) is 2.28. The molecular formula is C17H14N4O3. The van der Waals surface area contributed by atoms with Crippen LogP contribution in [-0.4, -0.2) is 21.0 Å². The van der Waals surface area contributed by atoms with Crippen molar-refractivity contribution in [1.82, 2.24) is 10.2 Å². The predicted octanol–water partition coefficient (Wildman–Crippen LogP) is 3.55. The van der Waals surface area contributed by atoms with E-state index in [2.05, 4.69) is 15.5 Å². The van der Waals surface area contributed by atoms with Crippen LogP contribution in [-0.2, 0) is 0 Å². The van der Waals surface area contributed by atoms with Crippen LogP contribution in [0.15, 0.2) is 54.6 Å². The largest absolute Gasteiger partial charge is 0.320 e. The van der Waals surface area contributed by atoms with Gasteiger partial charge in [0.15, 0.2) is 0 Å². The maximum Gasteiger partial charge on any atom is 0.274 e. The second-order valence-corrected chi connectivity index (χ2v) is 5.25. The van der Waals surface area contributed by atoms with E-state index in [1.807, 2.05) is 30.3 Å². The molecule has 0 atom stereocenters. The molecule has 0 saturated carbocycles. The van der Waals surface area contributed by atoms with E-state index in [9.17, 15) is 14.9 Å². The third-order valence-corrected chi connectivity index (χ3v) is 3.56. The van der Waals surface area contributed by atoms with Crippen LogP contribution in [0.1, 0.15) is 16.1 Å². The van der Waals surface area contributed by atoms with E-state index in [4.69, 9.17) is 0 Å². The Hall–Kier alpha value is -3.48. The number of carbonyl (C=O) groups is 1. The van der Waals surface area contributed by atoms with Gasteiger partial charge in [-0.3, -0.25) is 20.0 Å². The average Bonchev–Trinajstić information content (AvgIpc) is 3.07. The van der Waals surface area contributed by atoms with Crippen molar-refractivity contribution in [3.63, 3.8) is 0 Å². The first kappa shape index (κ1) is 15.4. The number of nitrogens with one attached hydrogen (secondary N) is 2. The second-order valence-electron chi connectivity index (χ2n) is 5.25. The molecule has 24 heavy (non-hydrogen) atoms. The predicted molar refractivity (Wildman–Crippen MR) is 89.8 cm³/mol. The molecule has 0 spiro atoms. The maximum absolute atomic E-state index is 12.3. The van der Waals surface area contributed by atoms with Gasteiger partial charge >= 0.3 is 0 Å². The lowest BCUT2D eigenvalue weighted by atomic mass is 10.1. The molecule has 3 rings (SSSR count). The normalized spacial score (nSPS) is 10.4. The summed E-state index contributed by atoms with van der Waals surface area (Å²) in [4.78, 5) is 22.8. The first-order valence-corrected chi connectivity index (χ1v) is 7.22. The van der Waals surface area contributed by atoms with Crippen molar-refractivity contribution < 1.29 is 9.72 Å². The molecule has 7 heteroatoms. The number of aryl methyl sites for hydroxylation is 1. The van der Waals surface area contributed by atoms with E-state index < -0.39 is 10.8 Å². The van der Waals surface area contributed by atoms with Crippen LogP contribution >= 0.6 is 0 Å². The fourth-order valence-corrected chi connectivity index (χ4v) is 2.28. The molecule has 2 N–H and O–H groups in total. The molecule has 0 saturated heterocycles. The smallest absolute Gasteiger partial charge is 0.274 e. The van der Waals surface area contributed by atoms with Crippen molar-refractivity contribution in [3.8, 4) is 11.3 Å². The molecule has 0 unspecified atom stereocenters. The van der Waals surface area contributed by atoms with Gasteiger partial charge in [-0.1, -0.05) is 36.4 Å². The molecule has 0 radical (unpaired) electrons. The van der Waals surface area contributed by atoms with Gasteiger partial charge in [-0.2, -0.15) is 5.10 Å². The van der Waals surface area contributed by atoms with Crippen LogP contribution in [0.2, 0.25) is 0 Å². The average molecular weight is 322 g/mol. The minimum atomic E-state index is -0.477. The third-order valence-electron chi connectivity index (χ3n) is 3.56. The molecule has 120 valence electrons. The summed E-state index contributed by atoms with van der Waals surface area (Å²) < 4.78 is 0. The molecule has 0 aliphatic heterocycles. The number of aromatic amines is 1. The van der Waals surface area contributed by atoms with E-state index in [0.717, 1.165) is 5.56 Å². The molecule has 0 bridgehead atoms. The topological polar surface area (TPSA) is 101 Å². The molecule has 1 heterocycles. The van der Waals surface area contributed by atoms with Crippen LogP contribution in [0.3, 0.4) is 0 Å². The molecule has 2 aromatic carbocycles. The van der Waals surface area contributed by atoms with E-state index in [1.165, 1.54) is 6.07 Å². The minimum absolute atomic E-state index is 0.0395. The van der Waals surface area contributed by atoms with Crippen LogP contribution in [0, 0.1) is 17.0 Å². The number of anilines is 1. The van der Waals surface area contributed by atoms with Crippen molar-refractivity contribution in [3.05, 3.63) is 76.0 Å². The van der Waals surface area contributed by atoms with Crippen LogP contribution in [0.25, 0.3) is 11.3 Å². The first-order chi connectivity index (χ1) is 11.5. The van der Waals surface area contributed by atoms with Gasteiger partial charge in [0.05, 0.1) is 10.6 Å². The fraction of sp³-hybridized carbons (Fsp3) is 0.0588.